The molecule has 196 valence electrons. The van der Waals surface area contributed by atoms with Gasteiger partial charge in [-0.15, -0.1) is 5.10 Å². The molecule has 17 heteroatoms. The Morgan fingerprint density at radius 1 is 1.33 bits per heavy atom. The van der Waals surface area contributed by atoms with E-state index in [0.717, 1.165) is 4.57 Å². The molecule has 0 aliphatic heterocycles. The van der Waals surface area contributed by atoms with Crippen molar-refractivity contribution in [1.29, 1.82) is 0 Å². The molecule has 3 aromatic heterocycles. The molecule has 0 aliphatic carbocycles. The van der Waals surface area contributed by atoms with Gasteiger partial charge in [0, 0.05) is 6.54 Å². The van der Waals surface area contributed by atoms with Crippen LogP contribution in [0.2, 0.25) is 0 Å². The van der Waals surface area contributed by atoms with E-state index in [2.05, 4.69) is 20.3 Å². The molecule has 1 atom stereocenters. The minimum atomic E-state index is -4.93. The molecule has 0 unspecified atom stereocenters. The summed E-state index contributed by atoms with van der Waals surface area (Å²) in [6.45, 7) is 2.69. The lowest BCUT2D eigenvalue weighted by molar-refractivity contribution is -0.190. The molecule has 0 radical (unpaired) electrons. The van der Waals surface area contributed by atoms with Gasteiger partial charge in [-0.05, 0) is 26.8 Å². The Kier molecular flexibility index (Phi) is 7.42. The predicted octanol–water partition coefficient (Wildman–Crippen LogP) is 2.63. The lowest BCUT2D eigenvalue weighted by atomic mass is 10.2. The number of aromatic nitrogens is 6. The molecule has 3 N–H and O–H groups in total. The average molecular weight is 523 g/mol. The number of nitrogens with one attached hydrogen (secondary N) is 2. The van der Waals surface area contributed by atoms with Crippen LogP contribution in [0.3, 0.4) is 0 Å². The highest BCUT2D eigenvalue weighted by Gasteiger charge is 2.39. The topological polar surface area (TPSA) is 140 Å². The Morgan fingerprint density at radius 2 is 2.00 bits per heavy atom. The molecular weight excluding hydrogens is 504 g/mol. The van der Waals surface area contributed by atoms with Crippen molar-refractivity contribution in [2.24, 2.45) is 0 Å². The Labute approximate surface area is 197 Å². The van der Waals surface area contributed by atoms with Gasteiger partial charge in [-0.1, -0.05) is 0 Å². The van der Waals surface area contributed by atoms with Crippen LogP contribution in [-0.2, 0) is 13.2 Å². The number of aryl methyl sites for hydroxylation is 1. The third kappa shape index (κ3) is 5.05. The van der Waals surface area contributed by atoms with E-state index in [1.165, 1.54) is 13.8 Å². The van der Waals surface area contributed by atoms with Gasteiger partial charge in [0.05, 0.1) is 11.4 Å². The quantitative estimate of drug-likeness (QED) is 0.386. The maximum Gasteiger partial charge on any atom is 0.425 e. The van der Waals surface area contributed by atoms with Crippen LogP contribution in [0.4, 0.5) is 32.0 Å². The van der Waals surface area contributed by atoms with Gasteiger partial charge < -0.3 is 15.2 Å². The number of alkyl halides is 5. The van der Waals surface area contributed by atoms with Gasteiger partial charge in [0.15, 0.2) is 29.3 Å². The zero-order valence-electron chi connectivity index (χ0n) is 18.8. The number of rotatable bonds is 8. The molecule has 0 saturated carbocycles. The monoisotopic (exact) mass is 523 g/mol. The Bertz CT molecular complexity index is 1330. The summed E-state index contributed by atoms with van der Waals surface area (Å²) in [6, 6.07) is 0.420. The second-order valence-corrected chi connectivity index (χ2v) is 7.32. The van der Waals surface area contributed by atoms with Crippen molar-refractivity contribution in [3.05, 3.63) is 45.1 Å². The van der Waals surface area contributed by atoms with E-state index >= 15 is 4.39 Å². The average Bonchev–Trinajstić information content (AvgIpc) is 3.32. The lowest BCUT2D eigenvalue weighted by Gasteiger charge is -2.19. The second kappa shape index (κ2) is 10.00. The highest BCUT2D eigenvalue weighted by molar-refractivity contribution is 6.06. The number of carbonyl (C=O) groups excluding carboxylic acids is 1. The fourth-order valence-electron chi connectivity index (χ4n) is 3.05. The Morgan fingerprint density at radius 3 is 2.53 bits per heavy atom. The van der Waals surface area contributed by atoms with Crippen molar-refractivity contribution < 1.29 is 41.0 Å². The summed E-state index contributed by atoms with van der Waals surface area (Å²) in [5.74, 6) is -4.89. The van der Waals surface area contributed by atoms with Gasteiger partial charge in [0.1, 0.15) is 12.2 Å². The van der Waals surface area contributed by atoms with Crippen LogP contribution in [0.25, 0.3) is 5.82 Å². The summed E-state index contributed by atoms with van der Waals surface area (Å²) < 4.78 is 87.0. The highest BCUT2D eigenvalue weighted by Crippen LogP contribution is 2.31. The van der Waals surface area contributed by atoms with Crippen molar-refractivity contribution in [3.63, 3.8) is 0 Å². The third-order valence-corrected chi connectivity index (χ3v) is 4.93. The van der Waals surface area contributed by atoms with E-state index in [1.54, 1.807) is 0 Å². The van der Waals surface area contributed by atoms with Gasteiger partial charge in [0.25, 0.3) is 12.3 Å². The maximum absolute atomic E-state index is 15.0. The molecule has 11 nitrogen and oxygen atoms in total. The summed E-state index contributed by atoms with van der Waals surface area (Å²) in [5.41, 5.74) is -3.21. The summed E-state index contributed by atoms with van der Waals surface area (Å²) >= 11 is 0. The molecule has 0 aliphatic rings. The number of hydrogen-bond donors (Lipinski definition) is 3. The molecule has 0 aromatic carbocycles. The fraction of sp³-hybridized carbons (Fsp3) is 0.421. The van der Waals surface area contributed by atoms with E-state index in [9.17, 15) is 36.6 Å². The molecule has 3 rings (SSSR count). The molecule has 0 saturated heterocycles. The number of halogens is 6. The Hall–Kier alpha value is -3.89. The van der Waals surface area contributed by atoms with Crippen LogP contribution in [0.5, 0.6) is 5.88 Å². The van der Waals surface area contributed by atoms with Crippen LogP contribution >= 0.6 is 0 Å². The standard InChI is InChI=1S/C19H19F6N7O4/c1-4-31-11(6-33)30-32(18(31)35)15-10(20)5-9(17(27-15)36-8(3)19(23,24)25)16(34)26-12-7(2)28-29-13(12)14(21)22/h5,8,14,33H,4,6H2,1-3H3,(H,26,34)(H,28,29)/t8-/m0/s1. The van der Waals surface area contributed by atoms with Crippen molar-refractivity contribution in [3.8, 4) is 11.7 Å². The summed E-state index contributed by atoms with van der Waals surface area (Å²) in [6.07, 6.45) is -10.6. The molecule has 0 spiro atoms. The SMILES string of the molecule is CCn1c(CO)nn(-c2nc(O[C@@H](C)C(F)(F)F)c(C(=O)Nc3c(C(F)F)n[nH]c3C)cc2F)c1=O. The molecular formula is C19H19F6N7O4. The van der Waals surface area contributed by atoms with Crippen LogP contribution in [0.1, 0.15) is 47.8 Å². The Balaban J connectivity index is 2.15. The summed E-state index contributed by atoms with van der Waals surface area (Å²) in [7, 11) is 0. The molecule has 3 heterocycles. The van der Waals surface area contributed by atoms with Crippen molar-refractivity contribution in [2.75, 3.05) is 5.32 Å². The van der Waals surface area contributed by atoms with Crippen LogP contribution < -0.4 is 15.7 Å². The van der Waals surface area contributed by atoms with Gasteiger partial charge >= 0.3 is 11.9 Å². The molecule has 36 heavy (non-hydrogen) atoms. The number of ether oxygens (including phenoxy) is 1. The molecule has 3 aromatic rings. The number of anilines is 1. The van der Waals surface area contributed by atoms with Gasteiger partial charge in [-0.2, -0.15) is 27.9 Å². The first-order valence-electron chi connectivity index (χ1n) is 10.2. The normalized spacial score (nSPS) is 12.8. The number of H-pyrrole nitrogens is 1. The summed E-state index contributed by atoms with van der Waals surface area (Å²) in [5, 5.41) is 20.7. The van der Waals surface area contributed by atoms with Gasteiger partial charge in [-0.3, -0.25) is 14.5 Å². The fourth-order valence-corrected chi connectivity index (χ4v) is 3.05. The predicted molar refractivity (Wildman–Crippen MR) is 110 cm³/mol. The van der Waals surface area contributed by atoms with Gasteiger partial charge in [0.2, 0.25) is 5.88 Å². The molecule has 0 fully saturated rings. The summed E-state index contributed by atoms with van der Waals surface area (Å²) in [4.78, 5) is 29.0. The first kappa shape index (κ1) is 26.7. The smallest absolute Gasteiger partial charge is 0.425 e. The highest BCUT2D eigenvalue weighted by atomic mass is 19.4. The minimum absolute atomic E-state index is 0.0111. The minimum Gasteiger partial charge on any atom is -0.464 e. The van der Waals surface area contributed by atoms with Crippen molar-refractivity contribution in [2.45, 2.75) is 52.6 Å². The number of aliphatic hydroxyl groups excluding tert-OH is 1. The van der Waals surface area contributed by atoms with E-state index in [-0.39, 0.29) is 18.1 Å². The number of carbonyl (C=O) groups is 1. The second-order valence-electron chi connectivity index (χ2n) is 7.32. The zero-order chi connectivity index (χ0) is 26.9. The lowest BCUT2D eigenvalue weighted by Crippen LogP contribution is -2.33. The van der Waals surface area contributed by atoms with E-state index in [1.807, 2.05) is 5.32 Å². The number of aromatic amines is 1. The molecule has 0 bridgehead atoms. The van der Waals surface area contributed by atoms with Crippen LogP contribution in [0, 0.1) is 12.7 Å². The maximum atomic E-state index is 15.0. The van der Waals surface area contributed by atoms with Crippen LogP contribution in [-0.4, -0.2) is 52.8 Å². The van der Waals surface area contributed by atoms with E-state index in [0.29, 0.717) is 17.7 Å². The number of amides is 1. The number of pyridine rings is 1. The number of aliphatic hydroxyl groups is 1. The third-order valence-electron chi connectivity index (χ3n) is 4.93. The van der Waals surface area contributed by atoms with Crippen molar-refractivity contribution in [1.82, 2.24) is 29.5 Å². The van der Waals surface area contributed by atoms with Crippen molar-refractivity contribution >= 4 is 11.6 Å². The van der Waals surface area contributed by atoms with Crippen LogP contribution in [0.15, 0.2) is 10.9 Å². The molecule has 1 amide bonds. The largest absolute Gasteiger partial charge is 0.464 e. The number of hydrogen-bond acceptors (Lipinski definition) is 7. The van der Waals surface area contributed by atoms with Gasteiger partial charge in [-0.25, -0.2) is 18.0 Å². The first-order valence-corrected chi connectivity index (χ1v) is 10.2. The zero-order valence-corrected chi connectivity index (χ0v) is 18.8. The first-order chi connectivity index (χ1) is 16.8. The van der Waals surface area contributed by atoms with E-state index in [4.69, 9.17) is 4.74 Å². The number of nitrogens with zero attached hydrogens (tertiary/aromatic N) is 5. The van der Waals surface area contributed by atoms with E-state index < -0.39 is 71.4 Å².